The van der Waals surface area contributed by atoms with Crippen LogP contribution in [0.5, 0.6) is 5.75 Å². The van der Waals surface area contributed by atoms with Crippen LogP contribution in [0.15, 0.2) is 42.5 Å². The molecular formula is C17H15ClFN3O2. The molecule has 1 amide bonds. The summed E-state index contributed by atoms with van der Waals surface area (Å²) in [6, 6.07) is 11.7. The number of carbonyl (C=O) groups is 1. The van der Waals surface area contributed by atoms with Gasteiger partial charge < -0.3 is 14.6 Å². The monoisotopic (exact) mass is 347 g/mol. The Morgan fingerprint density at radius 3 is 2.88 bits per heavy atom. The van der Waals surface area contributed by atoms with Crippen molar-refractivity contribution in [2.24, 2.45) is 7.05 Å². The molecule has 7 heteroatoms. The number of aromatic nitrogens is 2. The molecule has 0 fully saturated rings. The summed E-state index contributed by atoms with van der Waals surface area (Å²) >= 11 is 5.66. The third kappa shape index (κ3) is 3.49. The van der Waals surface area contributed by atoms with Crippen molar-refractivity contribution >= 4 is 28.5 Å². The number of rotatable bonds is 5. The molecular weight excluding hydrogens is 333 g/mol. The van der Waals surface area contributed by atoms with E-state index in [9.17, 15) is 9.18 Å². The van der Waals surface area contributed by atoms with Crippen LogP contribution in [0.1, 0.15) is 5.82 Å². The Balaban J connectivity index is 1.56. The van der Waals surface area contributed by atoms with E-state index in [0.29, 0.717) is 5.75 Å². The average Bonchev–Trinajstić information content (AvgIpc) is 2.90. The van der Waals surface area contributed by atoms with E-state index in [-0.39, 0.29) is 24.1 Å². The smallest absolute Gasteiger partial charge is 0.258 e. The van der Waals surface area contributed by atoms with E-state index in [2.05, 4.69) is 10.3 Å². The average molecular weight is 348 g/mol. The minimum Gasteiger partial charge on any atom is -0.484 e. The van der Waals surface area contributed by atoms with Crippen LogP contribution in [0, 0.1) is 5.82 Å². The number of nitrogens with one attached hydrogen (secondary N) is 1. The molecule has 3 rings (SSSR count). The van der Waals surface area contributed by atoms with Gasteiger partial charge in [-0.1, -0.05) is 23.7 Å². The maximum Gasteiger partial charge on any atom is 0.258 e. The minimum atomic E-state index is -0.532. The molecule has 0 spiro atoms. The van der Waals surface area contributed by atoms with Crippen LogP contribution in [0.25, 0.3) is 11.0 Å². The minimum absolute atomic E-state index is 0.0485. The molecule has 0 saturated heterocycles. The summed E-state index contributed by atoms with van der Waals surface area (Å²) in [6.45, 7) is 0.101. The number of halogens is 2. The Bertz CT molecular complexity index is 895. The van der Waals surface area contributed by atoms with Gasteiger partial charge in [0.1, 0.15) is 17.4 Å². The van der Waals surface area contributed by atoms with Gasteiger partial charge in [-0.25, -0.2) is 9.37 Å². The quantitative estimate of drug-likeness (QED) is 0.771. The molecule has 0 aliphatic rings. The second-order valence-corrected chi connectivity index (χ2v) is 5.62. The highest BCUT2D eigenvalue weighted by Crippen LogP contribution is 2.21. The van der Waals surface area contributed by atoms with Gasteiger partial charge in [0.2, 0.25) is 0 Å². The van der Waals surface area contributed by atoms with Crippen LogP contribution in [0.4, 0.5) is 4.39 Å². The summed E-state index contributed by atoms with van der Waals surface area (Å²) in [7, 11) is 1.90. The fourth-order valence-electron chi connectivity index (χ4n) is 2.30. The second-order valence-electron chi connectivity index (χ2n) is 5.22. The highest BCUT2D eigenvalue weighted by Gasteiger charge is 2.09. The van der Waals surface area contributed by atoms with Crippen LogP contribution in [0.2, 0.25) is 5.02 Å². The second kappa shape index (κ2) is 6.88. The summed E-state index contributed by atoms with van der Waals surface area (Å²) in [5, 5.41) is 2.69. The summed E-state index contributed by atoms with van der Waals surface area (Å²) in [5.41, 5.74) is 1.88. The van der Waals surface area contributed by atoms with Gasteiger partial charge >= 0.3 is 0 Å². The highest BCUT2D eigenvalue weighted by atomic mass is 35.5. The predicted octanol–water partition coefficient (Wildman–Crippen LogP) is 3.06. The molecule has 0 saturated carbocycles. The number of para-hydroxylation sites is 2. The molecule has 3 aromatic rings. The maximum absolute atomic E-state index is 13.1. The van der Waals surface area contributed by atoms with E-state index in [1.807, 2.05) is 35.9 Å². The van der Waals surface area contributed by atoms with Crippen molar-refractivity contribution in [3.8, 4) is 5.75 Å². The van der Waals surface area contributed by atoms with Crippen molar-refractivity contribution in [1.29, 1.82) is 0 Å². The molecule has 5 nitrogen and oxygen atoms in total. The molecule has 0 radical (unpaired) electrons. The molecule has 0 aliphatic heterocycles. The van der Waals surface area contributed by atoms with Crippen LogP contribution >= 0.6 is 11.6 Å². The topological polar surface area (TPSA) is 56.2 Å². The summed E-state index contributed by atoms with van der Waals surface area (Å²) < 4.78 is 20.3. The molecule has 1 N–H and O–H groups in total. The number of ether oxygens (including phenoxy) is 1. The first kappa shape index (κ1) is 16.3. The lowest BCUT2D eigenvalue weighted by Crippen LogP contribution is -2.29. The Labute approximate surface area is 143 Å². The largest absolute Gasteiger partial charge is 0.484 e. The van der Waals surface area contributed by atoms with E-state index in [1.165, 1.54) is 18.2 Å². The fraction of sp³-hybridized carbons (Fsp3) is 0.176. The van der Waals surface area contributed by atoms with Crippen LogP contribution < -0.4 is 10.1 Å². The standard InChI is InChI=1S/C17H15ClFN3O2/c1-22-15-5-3-2-4-14(15)21-16(22)9-20-17(23)10-24-11-6-7-13(19)12(18)8-11/h2-8H,9-10H2,1H3,(H,20,23). The first-order valence-electron chi connectivity index (χ1n) is 7.29. The number of carbonyl (C=O) groups excluding carboxylic acids is 1. The molecule has 1 heterocycles. The van der Waals surface area contributed by atoms with Gasteiger partial charge in [0, 0.05) is 13.1 Å². The molecule has 0 atom stereocenters. The van der Waals surface area contributed by atoms with Crippen molar-refractivity contribution in [1.82, 2.24) is 14.9 Å². The highest BCUT2D eigenvalue weighted by molar-refractivity contribution is 6.30. The van der Waals surface area contributed by atoms with Gasteiger partial charge in [0.05, 0.1) is 22.6 Å². The lowest BCUT2D eigenvalue weighted by atomic mass is 10.3. The molecule has 0 bridgehead atoms. The van der Waals surface area contributed by atoms with E-state index in [4.69, 9.17) is 16.3 Å². The zero-order valence-electron chi connectivity index (χ0n) is 12.9. The number of hydrogen-bond donors (Lipinski definition) is 1. The first-order chi connectivity index (χ1) is 11.5. The maximum atomic E-state index is 13.1. The van der Waals surface area contributed by atoms with Crippen molar-refractivity contribution < 1.29 is 13.9 Å². The molecule has 24 heavy (non-hydrogen) atoms. The summed E-state index contributed by atoms with van der Waals surface area (Å²) in [4.78, 5) is 16.4. The van der Waals surface area contributed by atoms with E-state index >= 15 is 0 Å². The first-order valence-corrected chi connectivity index (χ1v) is 7.67. The van der Waals surface area contributed by atoms with Gasteiger partial charge in [0.25, 0.3) is 5.91 Å². The van der Waals surface area contributed by atoms with E-state index in [0.717, 1.165) is 16.9 Å². The van der Waals surface area contributed by atoms with Crippen molar-refractivity contribution in [2.45, 2.75) is 6.54 Å². The molecule has 124 valence electrons. The summed E-state index contributed by atoms with van der Waals surface area (Å²) in [6.07, 6.45) is 0. The Morgan fingerprint density at radius 1 is 1.33 bits per heavy atom. The fourth-order valence-corrected chi connectivity index (χ4v) is 2.47. The van der Waals surface area contributed by atoms with Gasteiger partial charge in [-0.15, -0.1) is 0 Å². The Kier molecular flexibility index (Phi) is 4.66. The van der Waals surface area contributed by atoms with Crippen molar-refractivity contribution in [3.05, 3.63) is 59.1 Å². The number of nitrogens with zero attached hydrogens (tertiary/aromatic N) is 2. The number of aryl methyl sites for hydroxylation is 1. The Morgan fingerprint density at radius 2 is 2.12 bits per heavy atom. The van der Waals surface area contributed by atoms with Crippen molar-refractivity contribution in [3.63, 3.8) is 0 Å². The van der Waals surface area contributed by atoms with Crippen LogP contribution in [-0.2, 0) is 18.4 Å². The Hall–Kier alpha value is -2.60. The van der Waals surface area contributed by atoms with Crippen LogP contribution in [-0.4, -0.2) is 22.1 Å². The third-order valence-electron chi connectivity index (χ3n) is 3.58. The number of imidazole rings is 1. The van der Waals surface area contributed by atoms with Gasteiger partial charge in [0.15, 0.2) is 6.61 Å². The van der Waals surface area contributed by atoms with Gasteiger partial charge in [-0.3, -0.25) is 4.79 Å². The molecule has 0 unspecified atom stereocenters. The lowest BCUT2D eigenvalue weighted by molar-refractivity contribution is -0.123. The number of hydrogen-bond acceptors (Lipinski definition) is 3. The van der Waals surface area contributed by atoms with Crippen LogP contribution in [0.3, 0.4) is 0 Å². The number of benzene rings is 2. The predicted molar refractivity (Wildman–Crippen MR) is 89.5 cm³/mol. The SMILES string of the molecule is Cn1c(CNC(=O)COc2ccc(F)c(Cl)c2)nc2ccccc21. The zero-order chi connectivity index (χ0) is 17.1. The molecule has 2 aromatic carbocycles. The zero-order valence-corrected chi connectivity index (χ0v) is 13.7. The van der Waals surface area contributed by atoms with Gasteiger partial charge in [-0.2, -0.15) is 0 Å². The third-order valence-corrected chi connectivity index (χ3v) is 3.87. The molecule has 1 aromatic heterocycles. The lowest BCUT2D eigenvalue weighted by Gasteiger charge is -2.08. The number of amides is 1. The van der Waals surface area contributed by atoms with E-state index < -0.39 is 5.82 Å². The number of fused-ring (bicyclic) bond motifs is 1. The normalized spacial score (nSPS) is 10.8. The summed E-state index contributed by atoms with van der Waals surface area (Å²) in [5.74, 6) is 0.242. The molecule has 0 aliphatic carbocycles. The van der Waals surface area contributed by atoms with E-state index in [1.54, 1.807) is 0 Å². The van der Waals surface area contributed by atoms with Gasteiger partial charge in [-0.05, 0) is 24.3 Å². The van der Waals surface area contributed by atoms with Crippen molar-refractivity contribution in [2.75, 3.05) is 6.61 Å².